The van der Waals surface area contributed by atoms with Gasteiger partial charge in [0.1, 0.15) is 6.10 Å². The van der Waals surface area contributed by atoms with Gasteiger partial charge in [-0.15, -0.1) is 0 Å². The third kappa shape index (κ3) is 4.96. The van der Waals surface area contributed by atoms with Crippen molar-refractivity contribution in [2.24, 2.45) is 29.1 Å². The standard InChI is InChI=1S/C28H44O3/c1-3-4-5-6-7-8-9-10-27(30)31-26-16-15-25-24-13-11-20-19-21(29)12-14-22(20)23(24)17-18-28(25,26)2/h19,22-26H,3-18H2,1-2H3/t22-,23-,24-,25+,26+,28+/m1/s1. The Balaban J connectivity index is 1.27. The second kappa shape index (κ2) is 10.2. The van der Waals surface area contributed by atoms with Gasteiger partial charge in [0.2, 0.25) is 0 Å². The maximum atomic E-state index is 12.6. The minimum Gasteiger partial charge on any atom is -0.462 e. The number of fused-ring (bicyclic) bond motifs is 5. The van der Waals surface area contributed by atoms with Gasteiger partial charge < -0.3 is 4.74 Å². The number of ketones is 1. The Labute approximate surface area is 189 Å². The predicted octanol–water partition coefficient (Wildman–Crippen LogP) is 7.18. The molecule has 0 aromatic rings. The molecule has 3 saturated carbocycles. The minimum atomic E-state index is 0.0437. The van der Waals surface area contributed by atoms with Crippen LogP contribution in [-0.4, -0.2) is 17.9 Å². The molecule has 0 aliphatic heterocycles. The van der Waals surface area contributed by atoms with Gasteiger partial charge in [-0.25, -0.2) is 0 Å². The van der Waals surface area contributed by atoms with Crippen LogP contribution in [0.15, 0.2) is 11.6 Å². The molecule has 0 spiro atoms. The van der Waals surface area contributed by atoms with Gasteiger partial charge in [-0.2, -0.15) is 0 Å². The largest absolute Gasteiger partial charge is 0.462 e. The molecule has 3 heteroatoms. The third-order valence-corrected chi connectivity index (χ3v) is 9.47. The molecule has 0 aromatic heterocycles. The Hall–Kier alpha value is -1.12. The van der Waals surface area contributed by atoms with E-state index in [1.165, 1.54) is 63.4 Å². The van der Waals surface area contributed by atoms with E-state index >= 15 is 0 Å². The summed E-state index contributed by atoms with van der Waals surface area (Å²) in [5, 5.41) is 0. The van der Waals surface area contributed by atoms with Gasteiger partial charge in [0.25, 0.3) is 0 Å². The fourth-order valence-corrected chi connectivity index (χ4v) is 7.77. The van der Waals surface area contributed by atoms with Crippen molar-refractivity contribution in [3.63, 3.8) is 0 Å². The summed E-state index contributed by atoms with van der Waals surface area (Å²) >= 11 is 0. The molecule has 0 unspecified atom stereocenters. The highest BCUT2D eigenvalue weighted by atomic mass is 16.5. The number of hydrogen-bond acceptors (Lipinski definition) is 3. The van der Waals surface area contributed by atoms with Crippen molar-refractivity contribution < 1.29 is 14.3 Å². The topological polar surface area (TPSA) is 43.4 Å². The number of ether oxygens (including phenoxy) is 1. The van der Waals surface area contributed by atoms with Crippen LogP contribution in [0.5, 0.6) is 0 Å². The van der Waals surface area contributed by atoms with Gasteiger partial charge in [0.15, 0.2) is 5.78 Å². The maximum absolute atomic E-state index is 12.6. The van der Waals surface area contributed by atoms with Crippen LogP contribution in [0.4, 0.5) is 0 Å². The lowest BCUT2D eigenvalue weighted by Gasteiger charge is -2.53. The number of hydrogen-bond donors (Lipinski definition) is 0. The van der Waals surface area contributed by atoms with Gasteiger partial charge in [-0.05, 0) is 81.1 Å². The van der Waals surface area contributed by atoms with E-state index in [1.54, 1.807) is 0 Å². The van der Waals surface area contributed by atoms with Crippen LogP contribution in [0.2, 0.25) is 0 Å². The van der Waals surface area contributed by atoms with Crippen molar-refractivity contribution in [3.8, 4) is 0 Å². The number of esters is 1. The van der Waals surface area contributed by atoms with Crippen molar-refractivity contribution in [1.82, 2.24) is 0 Å². The van der Waals surface area contributed by atoms with E-state index in [2.05, 4.69) is 13.8 Å². The van der Waals surface area contributed by atoms with E-state index in [-0.39, 0.29) is 17.5 Å². The van der Waals surface area contributed by atoms with Crippen molar-refractivity contribution in [2.75, 3.05) is 0 Å². The van der Waals surface area contributed by atoms with E-state index in [9.17, 15) is 9.59 Å². The van der Waals surface area contributed by atoms with Crippen LogP contribution in [0.1, 0.15) is 117 Å². The number of carbonyl (C=O) groups is 2. The first-order valence-corrected chi connectivity index (χ1v) is 13.5. The molecule has 31 heavy (non-hydrogen) atoms. The molecule has 0 bridgehead atoms. The van der Waals surface area contributed by atoms with Crippen LogP contribution >= 0.6 is 0 Å². The Morgan fingerprint density at radius 3 is 2.55 bits per heavy atom. The van der Waals surface area contributed by atoms with Crippen LogP contribution in [-0.2, 0) is 14.3 Å². The highest BCUT2D eigenvalue weighted by Gasteiger charge is 2.57. The molecule has 174 valence electrons. The number of allylic oxidation sites excluding steroid dienone is 1. The van der Waals surface area contributed by atoms with E-state index in [0.29, 0.717) is 24.0 Å². The van der Waals surface area contributed by atoms with Crippen molar-refractivity contribution in [1.29, 1.82) is 0 Å². The van der Waals surface area contributed by atoms with Gasteiger partial charge in [0, 0.05) is 18.3 Å². The van der Waals surface area contributed by atoms with Crippen molar-refractivity contribution in [3.05, 3.63) is 11.6 Å². The summed E-state index contributed by atoms with van der Waals surface area (Å²) in [6.07, 6.45) is 20.3. The molecule has 0 amide bonds. The Kier molecular flexibility index (Phi) is 7.60. The highest BCUT2D eigenvalue weighted by Crippen LogP contribution is 2.62. The average molecular weight is 429 g/mol. The third-order valence-electron chi connectivity index (χ3n) is 9.47. The summed E-state index contributed by atoms with van der Waals surface area (Å²) in [7, 11) is 0. The molecule has 0 aromatic carbocycles. The Morgan fingerprint density at radius 2 is 1.74 bits per heavy atom. The molecule has 6 atom stereocenters. The molecule has 0 heterocycles. The van der Waals surface area contributed by atoms with Gasteiger partial charge in [-0.3, -0.25) is 9.59 Å². The Bertz CT molecular complexity index is 680. The quantitative estimate of drug-likeness (QED) is 0.288. The highest BCUT2D eigenvalue weighted by molar-refractivity contribution is 5.91. The minimum absolute atomic E-state index is 0.0437. The van der Waals surface area contributed by atoms with Crippen LogP contribution in [0, 0.1) is 29.1 Å². The zero-order chi connectivity index (χ0) is 21.8. The molecule has 4 rings (SSSR count). The van der Waals surface area contributed by atoms with Crippen molar-refractivity contribution in [2.45, 2.75) is 123 Å². The number of rotatable bonds is 9. The first-order valence-electron chi connectivity index (χ1n) is 13.5. The Morgan fingerprint density at radius 1 is 0.968 bits per heavy atom. The summed E-state index contributed by atoms with van der Waals surface area (Å²) in [5.41, 5.74) is 1.62. The summed E-state index contributed by atoms with van der Waals surface area (Å²) in [6.45, 7) is 4.67. The summed E-state index contributed by atoms with van der Waals surface area (Å²) in [5.74, 6) is 3.26. The van der Waals surface area contributed by atoms with Crippen LogP contribution in [0.25, 0.3) is 0 Å². The first kappa shape index (κ1) is 23.1. The monoisotopic (exact) mass is 428 g/mol. The molecular formula is C28H44O3. The van der Waals surface area contributed by atoms with Crippen molar-refractivity contribution >= 4 is 11.8 Å². The number of unbranched alkanes of at least 4 members (excludes halogenated alkanes) is 6. The molecule has 0 radical (unpaired) electrons. The zero-order valence-corrected chi connectivity index (χ0v) is 20.0. The van der Waals surface area contributed by atoms with Gasteiger partial charge in [-0.1, -0.05) is 57.9 Å². The van der Waals surface area contributed by atoms with E-state index in [0.717, 1.165) is 50.4 Å². The maximum Gasteiger partial charge on any atom is 0.306 e. The fourth-order valence-electron chi connectivity index (χ4n) is 7.77. The molecule has 0 N–H and O–H groups in total. The SMILES string of the molecule is CCCCCCCCCC(=O)O[C@H]1CC[C@H]2[C@@H]3CCC4=CC(=O)CC[C@H]4[C@H]3CC[C@]12C. The molecule has 4 aliphatic carbocycles. The molecular weight excluding hydrogens is 384 g/mol. The fraction of sp³-hybridized carbons (Fsp3) is 0.857. The molecule has 0 saturated heterocycles. The van der Waals surface area contributed by atoms with Gasteiger partial charge in [0.05, 0.1) is 0 Å². The lowest BCUT2D eigenvalue weighted by Crippen LogP contribution is -2.48. The first-order chi connectivity index (χ1) is 15.0. The average Bonchev–Trinajstić information content (AvgIpc) is 3.09. The van der Waals surface area contributed by atoms with E-state index in [1.807, 2.05) is 6.08 Å². The normalized spacial score (nSPS) is 36.9. The van der Waals surface area contributed by atoms with Crippen LogP contribution < -0.4 is 0 Å². The molecule has 3 nitrogen and oxygen atoms in total. The van der Waals surface area contributed by atoms with Crippen LogP contribution in [0.3, 0.4) is 0 Å². The summed E-state index contributed by atoms with van der Waals surface area (Å²) in [6, 6.07) is 0. The predicted molar refractivity (Wildman–Crippen MR) is 125 cm³/mol. The lowest BCUT2D eigenvalue weighted by molar-refractivity contribution is -0.159. The number of carbonyl (C=O) groups excluding carboxylic acids is 2. The second-order valence-corrected chi connectivity index (χ2v) is 11.3. The molecule has 4 aliphatic rings. The smallest absolute Gasteiger partial charge is 0.306 e. The second-order valence-electron chi connectivity index (χ2n) is 11.3. The van der Waals surface area contributed by atoms with E-state index in [4.69, 9.17) is 4.74 Å². The van der Waals surface area contributed by atoms with Gasteiger partial charge >= 0.3 is 5.97 Å². The molecule has 3 fully saturated rings. The summed E-state index contributed by atoms with van der Waals surface area (Å²) in [4.78, 5) is 24.5. The lowest BCUT2D eigenvalue weighted by atomic mass is 9.52. The zero-order valence-electron chi connectivity index (χ0n) is 20.0. The summed E-state index contributed by atoms with van der Waals surface area (Å²) < 4.78 is 6.13. The van der Waals surface area contributed by atoms with E-state index < -0.39 is 0 Å².